The lowest BCUT2D eigenvalue weighted by Crippen LogP contribution is -2.47. The molecule has 0 N–H and O–H groups in total. The number of halogens is 1. The van der Waals surface area contributed by atoms with E-state index in [2.05, 4.69) is 27.9 Å². The van der Waals surface area contributed by atoms with Gasteiger partial charge in [-0.05, 0) is 24.6 Å². The molecule has 1 saturated heterocycles. The van der Waals surface area contributed by atoms with Gasteiger partial charge in [0.2, 0.25) is 11.0 Å². The van der Waals surface area contributed by atoms with Crippen LogP contribution >= 0.6 is 11.6 Å². The molecule has 29 heavy (non-hydrogen) atoms. The first-order valence-electron chi connectivity index (χ1n) is 9.08. The van der Waals surface area contributed by atoms with Crippen LogP contribution < -0.4 is 14.5 Å². The maximum atomic E-state index is 11.4. The highest BCUT2D eigenvalue weighted by molar-refractivity contribution is 6.31. The first kappa shape index (κ1) is 19.1. The molecule has 2 aromatic heterocycles. The first-order valence-corrected chi connectivity index (χ1v) is 9.46. The van der Waals surface area contributed by atoms with E-state index in [1.165, 1.54) is 6.33 Å². The summed E-state index contributed by atoms with van der Waals surface area (Å²) < 4.78 is 5.47. The van der Waals surface area contributed by atoms with Gasteiger partial charge in [0.15, 0.2) is 0 Å². The minimum Gasteiger partial charge on any atom is -0.494 e. The number of para-hydroxylation sites is 1. The maximum Gasteiger partial charge on any atom is 0.348 e. The van der Waals surface area contributed by atoms with Gasteiger partial charge in [0.25, 0.3) is 0 Å². The van der Waals surface area contributed by atoms with Crippen molar-refractivity contribution in [1.82, 2.24) is 15.0 Å². The van der Waals surface area contributed by atoms with Gasteiger partial charge in [-0.3, -0.25) is 10.1 Å². The van der Waals surface area contributed by atoms with Crippen molar-refractivity contribution >= 4 is 39.8 Å². The van der Waals surface area contributed by atoms with Crippen molar-refractivity contribution in [3.8, 4) is 5.75 Å². The molecule has 1 aliphatic rings. The highest BCUT2D eigenvalue weighted by atomic mass is 35.5. The lowest BCUT2D eigenvalue weighted by atomic mass is 10.1. The summed E-state index contributed by atoms with van der Waals surface area (Å²) in [6, 6.07) is 7.93. The number of nitro groups is 1. The first-order chi connectivity index (χ1) is 14.0. The Morgan fingerprint density at radius 2 is 1.90 bits per heavy atom. The smallest absolute Gasteiger partial charge is 0.348 e. The fraction of sp³-hybridized carbons (Fsp3) is 0.316. The van der Waals surface area contributed by atoms with Gasteiger partial charge in [0.1, 0.15) is 23.4 Å². The summed E-state index contributed by atoms with van der Waals surface area (Å²) in [6.07, 6.45) is 1.25. The largest absolute Gasteiger partial charge is 0.494 e. The number of benzene rings is 1. The normalized spacial score (nSPS) is 14.3. The van der Waals surface area contributed by atoms with Gasteiger partial charge in [-0.2, -0.15) is 0 Å². The number of pyridine rings is 1. The third-order valence-electron chi connectivity index (χ3n) is 5.06. The second kappa shape index (κ2) is 7.67. The Bertz CT molecular complexity index is 1080. The molecule has 0 amide bonds. The van der Waals surface area contributed by atoms with E-state index in [0.717, 1.165) is 28.0 Å². The van der Waals surface area contributed by atoms with Crippen LogP contribution in [0.3, 0.4) is 0 Å². The monoisotopic (exact) mass is 414 g/mol. The molecule has 4 rings (SSSR count). The van der Waals surface area contributed by atoms with E-state index in [1.807, 2.05) is 23.1 Å². The molecular formula is C19H19ClN6O3. The summed E-state index contributed by atoms with van der Waals surface area (Å²) in [5, 5.41) is 12.3. The number of piperazine rings is 1. The van der Waals surface area contributed by atoms with Crippen molar-refractivity contribution in [3.63, 3.8) is 0 Å². The number of hydrogen-bond acceptors (Lipinski definition) is 8. The van der Waals surface area contributed by atoms with E-state index >= 15 is 0 Å². The van der Waals surface area contributed by atoms with E-state index < -0.39 is 4.92 Å². The predicted molar refractivity (Wildman–Crippen MR) is 111 cm³/mol. The van der Waals surface area contributed by atoms with E-state index in [-0.39, 0.29) is 16.7 Å². The molecule has 3 heterocycles. The highest BCUT2D eigenvalue weighted by Gasteiger charge is 2.29. The Hall–Kier alpha value is -3.20. The second-order valence-electron chi connectivity index (χ2n) is 6.72. The van der Waals surface area contributed by atoms with E-state index in [1.54, 1.807) is 7.11 Å². The van der Waals surface area contributed by atoms with Gasteiger partial charge < -0.3 is 14.5 Å². The number of anilines is 2. The minimum absolute atomic E-state index is 0.152. The van der Waals surface area contributed by atoms with Gasteiger partial charge in [-0.1, -0.05) is 23.7 Å². The molecule has 1 aliphatic heterocycles. The summed E-state index contributed by atoms with van der Waals surface area (Å²) in [6.45, 7) is 4.45. The Balaban J connectivity index is 1.60. The molecule has 0 bridgehead atoms. The molecule has 10 heteroatoms. The number of methoxy groups -OCH3 is 1. The Morgan fingerprint density at radius 3 is 2.59 bits per heavy atom. The van der Waals surface area contributed by atoms with Crippen molar-refractivity contribution in [2.24, 2.45) is 0 Å². The third-order valence-corrected chi connectivity index (χ3v) is 5.34. The topological polar surface area (TPSA) is 97.5 Å². The molecule has 0 aliphatic carbocycles. The molecule has 3 aromatic rings. The van der Waals surface area contributed by atoms with Crippen LogP contribution in [0.5, 0.6) is 5.75 Å². The van der Waals surface area contributed by atoms with Gasteiger partial charge in [0, 0.05) is 31.6 Å². The van der Waals surface area contributed by atoms with Crippen LogP contribution in [0.25, 0.3) is 10.9 Å². The van der Waals surface area contributed by atoms with Crippen LogP contribution in [-0.2, 0) is 0 Å². The van der Waals surface area contributed by atoms with Crippen molar-refractivity contribution in [3.05, 3.63) is 51.4 Å². The van der Waals surface area contributed by atoms with Crippen LogP contribution in [0.2, 0.25) is 5.15 Å². The fourth-order valence-electron chi connectivity index (χ4n) is 3.59. The third kappa shape index (κ3) is 3.49. The molecule has 0 unspecified atom stereocenters. The van der Waals surface area contributed by atoms with Crippen LogP contribution in [0, 0.1) is 17.0 Å². The number of ether oxygens (including phenoxy) is 1. The van der Waals surface area contributed by atoms with Crippen LogP contribution in [0.15, 0.2) is 30.6 Å². The molecule has 0 atom stereocenters. The van der Waals surface area contributed by atoms with E-state index in [0.29, 0.717) is 26.2 Å². The van der Waals surface area contributed by atoms with Gasteiger partial charge in [-0.25, -0.2) is 15.0 Å². The standard InChI is InChI=1S/C19H19ClN6O3/c1-12-10-15(23-16-13(12)4-3-5-14(16)29-2)24-6-8-25(9-7-24)19-17(26(27)28)18(20)21-11-22-19/h3-5,10-11H,6-9H2,1-2H3. The zero-order chi connectivity index (χ0) is 20.5. The summed E-state index contributed by atoms with van der Waals surface area (Å²) in [5.74, 6) is 1.84. The van der Waals surface area contributed by atoms with Crippen LogP contribution in [-0.4, -0.2) is 53.2 Å². The highest BCUT2D eigenvalue weighted by Crippen LogP contribution is 2.33. The lowest BCUT2D eigenvalue weighted by Gasteiger charge is -2.36. The zero-order valence-corrected chi connectivity index (χ0v) is 16.8. The van der Waals surface area contributed by atoms with E-state index in [4.69, 9.17) is 21.3 Å². The minimum atomic E-state index is -0.537. The Morgan fingerprint density at radius 1 is 1.17 bits per heavy atom. The van der Waals surface area contributed by atoms with Crippen LogP contribution in [0.4, 0.5) is 17.3 Å². The van der Waals surface area contributed by atoms with Crippen molar-refractivity contribution in [2.45, 2.75) is 6.92 Å². The van der Waals surface area contributed by atoms with Crippen molar-refractivity contribution < 1.29 is 9.66 Å². The molecule has 1 fully saturated rings. The predicted octanol–water partition coefficient (Wildman–Crippen LogP) is 3.23. The summed E-state index contributed by atoms with van der Waals surface area (Å²) in [5.41, 5.74) is 1.68. The number of rotatable bonds is 4. The molecule has 1 aromatic carbocycles. The number of fused-ring (bicyclic) bond motifs is 1. The number of aromatic nitrogens is 3. The Labute approximate surface area is 172 Å². The second-order valence-corrected chi connectivity index (χ2v) is 7.08. The van der Waals surface area contributed by atoms with Gasteiger partial charge in [-0.15, -0.1) is 0 Å². The summed E-state index contributed by atoms with van der Waals surface area (Å²) >= 11 is 5.92. The maximum absolute atomic E-state index is 11.4. The molecule has 9 nitrogen and oxygen atoms in total. The van der Waals surface area contributed by atoms with Crippen LogP contribution in [0.1, 0.15) is 5.56 Å². The average molecular weight is 415 g/mol. The SMILES string of the molecule is COc1cccc2c(C)cc(N3CCN(c4ncnc(Cl)c4[N+](=O)[O-])CC3)nc12. The van der Waals surface area contributed by atoms with Crippen molar-refractivity contribution in [1.29, 1.82) is 0 Å². The van der Waals surface area contributed by atoms with Crippen molar-refractivity contribution in [2.75, 3.05) is 43.1 Å². The lowest BCUT2D eigenvalue weighted by molar-refractivity contribution is -0.384. The zero-order valence-electron chi connectivity index (χ0n) is 16.0. The van der Waals surface area contributed by atoms with Gasteiger partial charge >= 0.3 is 5.69 Å². The Kier molecular flexibility index (Phi) is 5.06. The molecule has 0 radical (unpaired) electrons. The number of hydrogen-bond donors (Lipinski definition) is 0. The molecular weight excluding hydrogens is 396 g/mol. The molecule has 0 spiro atoms. The average Bonchev–Trinajstić information content (AvgIpc) is 2.73. The van der Waals surface area contributed by atoms with E-state index in [9.17, 15) is 10.1 Å². The fourth-order valence-corrected chi connectivity index (χ4v) is 3.78. The summed E-state index contributed by atoms with van der Waals surface area (Å²) in [7, 11) is 1.64. The summed E-state index contributed by atoms with van der Waals surface area (Å²) in [4.78, 5) is 27.5. The molecule has 0 saturated carbocycles. The quantitative estimate of drug-likeness (QED) is 0.364. The number of aryl methyl sites for hydroxylation is 1. The molecule has 150 valence electrons. The number of nitrogens with zero attached hydrogens (tertiary/aromatic N) is 6. The van der Waals surface area contributed by atoms with Gasteiger partial charge in [0.05, 0.1) is 12.0 Å².